The lowest BCUT2D eigenvalue weighted by molar-refractivity contribution is -0.120. The number of amides is 1. The van der Waals surface area contributed by atoms with Crippen LogP contribution >= 0.6 is 11.8 Å². The summed E-state index contributed by atoms with van der Waals surface area (Å²) in [6.45, 7) is 6.40. The summed E-state index contributed by atoms with van der Waals surface area (Å²) in [5.41, 5.74) is 5.34. The lowest BCUT2D eigenvalue weighted by Gasteiger charge is -2.24. The molecule has 18 heavy (non-hydrogen) atoms. The number of aromatic nitrogens is 3. The third-order valence-electron chi connectivity index (χ3n) is 2.80. The zero-order valence-corrected chi connectivity index (χ0v) is 12.2. The summed E-state index contributed by atoms with van der Waals surface area (Å²) in [7, 11) is 1.85. The summed E-state index contributed by atoms with van der Waals surface area (Å²) in [4.78, 5) is 11.8. The molecule has 1 rings (SSSR count). The first-order chi connectivity index (χ1) is 8.39. The molecule has 0 fully saturated rings. The number of thioether (sulfide) groups is 1. The Labute approximate surface area is 112 Å². The molecule has 0 aromatic carbocycles. The van der Waals surface area contributed by atoms with Gasteiger partial charge in [0.2, 0.25) is 5.91 Å². The van der Waals surface area contributed by atoms with E-state index < -0.39 is 0 Å². The molecule has 0 radical (unpaired) electrons. The fourth-order valence-corrected chi connectivity index (χ4v) is 2.01. The number of hydrogen-bond donors (Lipinski definition) is 2. The first-order valence-corrected chi connectivity index (χ1v) is 6.90. The standard InChI is InChI=1S/C11H21N5OS/c1-5-11(2,3)13-9(17)7-18-10-15-14-8(6-12)16(10)4/h5-7,12H2,1-4H3,(H,13,17). The molecular formula is C11H21N5OS. The minimum absolute atomic E-state index is 0.00384. The van der Waals surface area contributed by atoms with Crippen molar-refractivity contribution in [2.75, 3.05) is 5.75 Å². The maximum atomic E-state index is 11.8. The minimum Gasteiger partial charge on any atom is -0.351 e. The molecule has 0 aliphatic carbocycles. The number of rotatable bonds is 6. The molecule has 0 aliphatic rings. The smallest absolute Gasteiger partial charge is 0.230 e. The van der Waals surface area contributed by atoms with Gasteiger partial charge in [0.05, 0.1) is 12.3 Å². The van der Waals surface area contributed by atoms with Gasteiger partial charge in [-0.2, -0.15) is 0 Å². The average molecular weight is 271 g/mol. The van der Waals surface area contributed by atoms with Crippen LogP contribution in [-0.2, 0) is 18.4 Å². The van der Waals surface area contributed by atoms with E-state index in [1.165, 1.54) is 11.8 Å². The van der Waals surface area contributed by atoms with Crippen LogP contribution in [0.5, 0.6) is 0 Å². The molecule has 1 aromatic heterocycles. The predicted molar refractivity (Wildman–Crippen MR) is 72.1 cm³/mol. The van der Waals surface area contributed by atoms with Gasteiger partial charge in [-0.1, -0.05) is 18.7 Å². The van der Waals surface area contributed by atoms with Crippen molar-refractivity contribution in [3.05, 3.63) is 5.82 Å². The molecule has 0 spiro atoms. The zero-order valence-electron chi connectivity index (χ0n) is 11.4. The average Bonchev–Trinajstić information content (AvgIpc) is 2.67. The largest absolute Gasteiger partial charge is 0.351 e. The van der Waals surface area contributed by atoms with Gasteiger partial charge in [0.1, 0.15) is 5.82 Å². The van der Waals surface area contributed by atoms with Crippen LogP contribution in [-0.4, -0.2) is 32.0 Å². The van der Waals surface area contributed by atoms with E-state index in [2.05, 4.69) is 15.5 Å². The Bertz CT molecular complexity index is 416. The molecule has 7 heteroatoms. The molecule has 3 N–H and O–H groups in total. The van der Waals surface area contributed by atoms with Gasteiger partial charge in [0.15, 0.2) is 5.16 Å². The van der Waals surface area contributed by atoms with Gasteiger partial charge < -0.3 is 15.6 Å². The highest BCUT2D eigenvalue weighted by atomic mass is 32.2. The van der Waals surface area contributed by atoms with E-state index in [4.69, 9.17) is 5.73 Å². The molecule has 0 aliphatic heterocycles. The van der Waals surface area contributed by atoms with E-state index >= 15 is 0 Å². The molecule has 0 atom stereocenters. The summed E-state index contributed by atoms with van der Waals surface area (Å²) < 4.78 is 1.81. The molecular weight excluding hydrogens is 250 g/mol. The maximum absolute atomic E-state index is 11.8. The minimum atomic E-state index is -0.167. The van der Waals surface area contributed by atoms with Crippen LogP contribution in [0.2, 0.25) is 0 Å². The summed E-state index contributed by atoms with van der Waals surface area (Å²) in [6, 6.07) is 0. The predicted octanol–water partition coefficient (Wildman–Crippen LogP) is 0.671. The van der Waals surface area contributed by atoms with E-state index in [1.807, 2.05) is 32.4 Å². The van der Waals surface area contributed by atoms with Gasteiger partial charge in [0, 0.05) is 12.6 Å². The van der Waals surface area contributed by atoms with Crippen LogP contribution in [0.3, 0.4) is 0 Å². The zero-order chi connectivity index (χ0) is 13.8. The Kier molecular flexibility index (Phi) is 5.15. The molecule has 0 saturated carbocycles. The molecule has 1 heterocycles. The SMILES string of the molecule is CCC(C)(C)NC(=O)CSc1nnc(CN)n1C. The first kappa shape index (κ1) is 15.0. The Morgan fingerprint density at radius 3 is 2.67 bits per heavy atom. The fraction of sp³-hybridized carbons (Fsp3) is 0.727. The third-order valence-corrected chi connectivity index (χ3v) is 3.82. The number of nitrogens with one attached hydrogen (secondary N) is 1. The Balaban J connectivity index is 2.50. The number of carbonyl (C=O) groups is 1. The second-order valence-electron chi connectivity index (χ2n) is 4.74. The van der Waals surface area contributed by atoms with Crippen molar-refractivity contribution in [1.29, 1.82) is 0 Å². The Morgan fingerprint density at radius 1 is 1.50 bits per heavy atom. The molecule has 1 aromatic rings. The third kappa shape index (κ3) is 3.99. The normalized spacial score (nSPS) is 11.6. The summed E-state index contributed by atoms with van der Waals surface area (Å²) in [5.74, 6) is 1.05. The highest BCUT2D eigenvalue weighted by Gasteiger charge is 2.18. The second-order valence-corrected chi connectivity index (χ2v) is 5.68. The van der Waals surface area contributed by atoms with Gasteiger partial charge in [-0.25, -0.2) is 0 Å². The van der Waals surface area contributed by atoms with E-state index in [1.54, 1.807) is 0 Å². The van der Waals surface area contributed by atoms with E-state index in [-0.39, 0.29) is 11.4 Å². The summed E-state index contributed by atoms with van der Waals surface area (Å²) >= 11 is 1.36. The lowest BCUT2D eigenvalue weighted by Crippen LogP contribution is -2.43. The van der Waals surface area contributed by atoms with Crippen molar-refractivity contribution < 1.29 is 4.79 Å². The number of hydrogen-bond acceptors (Lipinski definition) is 5. The Morgan fingerprint density at radius 2 is 2.17 bits per heavy atom. The topological polar surface area (TPSA) is 85.8 Å². The van der Waals surface area contributed by atoms with Crippen LogP contribution in [0.1, 0.15) is 33.0 Å². The molecule has 6 nitrogen and oxygen atoms in total. The van der Waals surface area contributed by atoms with Gasteiger partial charge in [-0.15, -0.1) is 10.2 Å². The highest BCUT2D eigenvalue weighted by molar-refractivity contribution is 7.99. The van der Waals surface area contributed by atoms with E-state index in [9.17, 15) is 4.79 Å². The van der Waals surface area contributed by atoms with Gasteiger partial charge in [-0.05, 0) is 20.3 Å². The highest BCUT2D eigenvalue weighted by Crippen LogP contribution is 2.16. The quantitative estimate of drug-likeness (QED) is 0.743. The van der Waals surface area contributed by atoms with Gasteiger partial charge in [-0.3, -0.25) is 4.79 Å². The van der Waals surface area contributed by atoms with Crippen LogP contribution in [0.25, 0.3) is 0 Å². The monoisotopic (exact) mass is 271 g/mol. The number of nitrogens with zero attached hydrogens (tertiary/aromatic N) is 3. The van der Waals surface area contributed by atoms with Gasteiger partial charge in [0.25, 0.3) is 0 Å². The van der Waals surface area contributed by atoms with Crippen LogP contribution in [0.4, 0.5) is 0 Å². The molecule has 1 amide bonds. The summed E-state index contributed by atoms with van der Waals surface area (Å²) in [5, 5.41) is 11.6. The molecule has 0 unspecified atom stereocenters. The Hall–Kier alpha value is -1.08. The summed E-state index contributed by atoms with van der Waals surface area (Å²) in [6.07, 6.45) is 0.894. The van der Waals surface area contributed by atoms with Crippen LogP contribution < -0.4 is 11.1 Å². The molecule has 0 saturated heterocycles. The van der Waals surface area contributed by atoms with E-state index in [0.717, 1.165) is 6.42 Å². The van der Waals surface area contributed by atoms with Crippen molar-refractivity contribution in [1.82, 2.24) is 20.1 Å². The van der Waals surface area contributed by atoms with Crippen molar-refractivity contribution in [3.63, 3.8) is 0 Å². The van der Waals surface area contributed by atoms with Crippen molar-refractivity contribution in [3.8, 4) is 0 Å². The van der Waals surface area contributed by atoms with Crippen molar-refractivity contribution in [2.24, 2.45) is 12.8 Å². The van der Waals surface area contributed by atoms with Crippen LogP contribution in [0.15, 0.2) is 5.16 Å². The lowest BCUT2D eigenvalue weighted by atomic mass is 10.0. The number of carbonyl (C=O) groups excluding carboxylic acids is 1. The van der Waals surface area contributed by atoms with E-state index in [0.29, 0.717) is 23.3 Å². The van der Waals surface area contributed by atoms with Crippen molar-refractivity contribution in [2.45, 2.75) is 44.4 Å². The maximum Gasteiger partial charge on any atom is 0.230 e. The second kappa shape index (κ2) is 6.19. The number of nitrogens with two attached hydrogens (primary N) is 1. The van der Waals surface area contributed by atoms with Crippen LogP contribution in [0, 0.1) is 0 Å². The van der Waals surface area contributed by atoms with Crippen molar-refractivity contribution >= 4 is 17.7 Å². The van der Waals surface area contributed by atoms with Gasteiger partial charge >= 0.3 is 0 Å². The molecule has 102 valence electrons. The molecule has 0 bridgehead atoms. The first-order valence-electron chi connectivity index (χ1n) is 5.91. The fourth-order valence-electron chi connectivity index (χ4n) is 1.28.